The van der Waals surface area contributed by atoms with Crippen molar-refractivity contribution in [3.8, 4) is 16.8 Å². The van der Waals surface area contributed by atoms with Crippen molar-refractivity contribution in [3.05, 3.63) is 200 Å². The minimum absolute atomic E-state index is 0.0295. The average molecular weight is 627 g/mol. The molecular weight excluding hydrogens is 591 g/mol. The summed E-state index contributed by atoms with van der Waals surface area (Å²) in [4.78, 5) is 2.30. The van der Waals surface area contributed by atoms with Crippen LogP contribution in [-0.2, 0) is 0 Å². The molecule has 6 aromatic carbocycles. The van der Waals surface area contributed by atoms with Gasteiger partial charge in [0, 0.05) is 33.5 Å². The van der Waals surface area contributed by atoms with Crippen LogP contribution in [0.2, 0.25) is 0 Å². The summed E-state index contributed by atoms with van der Waals surface area (Å²) in [5.41, 5.74) is 14.7. The third-order valence-corrected chi connectivity index (χ3v) is 9.82. The van der Waals surface area contributed by atoms with Crippen molar-refractivity contribution in [2.45, 2.75) is 0 Å². The van der Waals surface area contributed by atoms with E-state index in [1.165, 1.54) is 38.3 Å². The minimum atomic E-state index is -0.0295. The predicted octanol–water partition coefficient (Wildman–Crippen LogP) is 10.7. The summed E-state index contributed by atoms with van der Waals surface area (Å²) in [5.74, 6) is 0. The molecule has 0 unspecified atom stereocenters. The van der Waals surface area contributed by atoms with Crippen LogP contribution in [0.15, 0.2) is 189 Å². The molecule has 232 valence electrons. The molecule has 0 fully saturated rings. The summed E-state index contributed by atoms with van der Waals surface area (Å²) in [5, 5.41) is 2.53. The van der Waals surface area contributed by atoms with Crippen LogP contribution in [0.1, 0.15) is 11.1 Å². The first-order valence-corrected chi connectivity index (χ1v) is 16.6. The molecular formula is C46H35BN2. The molecule has 0 bridgehead atoms. The number of para-hydroxylation sites is 3. The third kappa shape index (κ3) is 4.82. The Bertz CT molecular complexity index is 2410. The standard InChI is InChI=1S/C46H35BN2/c1-5-32-16-15-20-41(37(32)6-2)47-40(7-3)43(8-4)48(46-23-14-11-19-42(46)47)35-28-24-33(25-29-35)34-26-30-36(31-27-34)49-44-21-12-9-17-38(44)39-18-10-13-22-45(39)49/h5-31H,1-4H2. The summed E-state index contributed by atoms with van der Waals surface area (Å²) in [6.07, 6.45) is 7.76. The number of benzene rings is 6. The van der Waals surface area contributed by atoms with E-state index in [9.17, 15) is 0 Å². The van der Waals surface area contributed by atoms with Gasteiger partial charge in [0.25, 0.3) is 0 Å². The first-order chi connectivity index (χ1) is 24.2. The molecule has 0 saturated heterocycles. The van der Waals surface area contributed by atoms with Crippen LogP contribution in [0.25, 0.3) is 50.8 Å². The van der Waals surface area contributed by atoms with Crippen LogP contribution in [0.3, 0.4) is 0 Å². The normalized spacial score (nSPS) is 12.7. The second kappa shape index (κ2) is 12.4. The number of nitrogens with zero attached hydrogens (tertiary/aromatic N) is 2. The highest BCUT2D eigenvalue weighted by Gasteiger charge is 2.36. The Morgan fingerprint density at radius 1 is 0.469 bits per heavy atom. The van der Waals surface area contributed by atoms with Crippen molar-refractivity contribution in [3.63, 3.8) is 0 Å². The molecule has 49 heavy (non-hydrogen) atoms. The van der Waals surface area contributed by atoms with Crippen LogP contribution < -0.4 is 15.8 Å². The fraction of sp³-hybridized carbons (Fsp3) is 0. The van der Waals surface area contributed by atoms with Gasteiger partial charge in [0.2, 0.25) is 6.71 Å². The maximum atomic E-state index is 4.29. The van der Waals surface area contributed by atoms with Crippen molar-refractivity contribution in [1.29, 1.82) is 0 Å². The predicted molar refractivity (Wildman–Crippen MR) is 214 cm³/mol. The highest BCUT2D eigenvalue weighted by molar-refractivity contribution is 6.93. The van der Waals surface area contributed by atoms with E-state index in [2.05, 4.69) is 175 Å². The quantitative estimate of drug-likeness (QED) is 0.152. The molecule has 3 heteroatoms. The second-order valence-corrected chi connectivity index (χ2v) is 12.3. The summed E-state index contributed by atoms with van der Waals surface area (Å²) in [7, 11) is 0. The number of rotatable bonds is 8. The smallest absolute Gasteiger partial charge is 0.247 e. The number of fused-ring (bicyclic) bond motifs is 4. The van der Waals surface area contributed by atoms with Crippen molar-refractivity contribution < 1.29 is 0 Å². The Kier molecular flexibility index (Phi) is 7.59. The molecule has 1 aromatic heterocycles. The average Bonchev–Trinajstić information content (AvgIpc) is 3.51. The third-order valence-electron chi connectivity index (χ3n) is 9.82. The molecule has 0 saturated carbocycles. The lowest BCUT2D eigenvalue weighted by molar-refractivity contribution is 1.18. The maximum Gasteiger partial charge on any atom is 0.247 e. The summed E-state index contributed by atoms with van der Waals surface area (Å²) in [6, 6.07) is 49.9. The molecule has 0 spiro atoms. The fourth-order valence-electron chi connectivity index (χ4n) is 7.63. The summed E-state index contributed by atoms with van der Waals surface area (Å²) < 4.78 is 2.35. The zero-order chi connectivity index (χ0) is 33.5. The topological polar surface area (TPSA) is 8.17 Å². The molecule has 1 aliphatic rings. The van der Waals surface area contributed by atoms with E-state index in [1.54, 1.807) is 0 Å². The van der Waals surface area contributed by atoms with Gasteiger partial charge < -0.3 is 9.47 Å². The first kappa shape index (κ1) is 30.0. The number of hydrogen-bond donors (Lipinski definition) is 0. The molecule has 1 aliphatic heterocycles. The van der Waals surface area contributed by atoms with Crippen LogP contribution in [0, 0.1) is 0 Å². The Hall–Kier alpha value is -6.32. The van der Waals surface area contributed by atoms with Crippen LogP contribution in [0.4, 0.5) is 11.4 Å². The Morgan fingerprint density at radius 3 is 1.63 bits per heavy atom. The zero-order valence-electron chi connectivity index (χ0n) is 27.4. The lowest BCUT2D eigenvalue weighted by Crippen LogP contribution is -2.51. The molecule has 0 atom stereocenters. The van der Waals surface area contributed by atoms with Crippen molar-refractivity contribution >= 4 is 63.0 Å². The van der Waals surface area contributed by atoms with E-state index in [-0.39, 0.29) is 6.71 Å². The van der Waals surface area contributed by atoms with Gasteiger partial charge in [0.1, 0.15) is 0 Å². The van der Waals surface area contributed by atoms with Gasteiger partial charge in [-0.05, 0) is 81.7 Å². The van der Waals surface area contributed by atoms with Crippen LogP contribution >= 0.6 is 0 Å². The first-order valence-electron chi connectivity index (χ1n) is 16.6. The molecule has 8 rings (SSSR count). The minimum Gasteiger partial charge on any atom is -0.312 e. The monoisotopic (exact) mass is 626 g/mol. The van der Waals surface area contributed by atoms with Gasteiger partial charge in [-0.25, -0.2) is 0 Å². The fourth-order valence-corrected chi connectivity index (χ4v) is 7.63. The number of allylic oxidation sites excluding steroid dienone is 3. The molecule has 2 nitrogen and oxygen atoms in total. The van der Waals surface area contributed by atoms with Crippen LogP contribution in [-0.4, -0.2) is 11.3 Å². The lowest BCUT2D eigenvalue weighted by atomic mass is 9.33. The highest BCUT2D eigenvalue weighted by atomic mass is 15.2. The van der Waals surface area contributed by atoms with Gasteiger partial charge in [0.15, 0.2) is 0 Å². The van der Waals surface area contributed by atoms with Crippen molar-refractivity contribution in [2.24, 2.45) is 0 Å². The second-order valence-electron chi connectivity index (χ2n) is 12.3. The molecule has 7 aromatic rings. The molecule has 0 N–H and O–H groups in total. The van der Waals surface area contributed by atoms with E-state index >= 15 is 0 Å². The number of hydrogen-bond acceptors (Lipinski definition) is 1. The van der Waals surface area contributed by atoms with E-state index in [0.717, 1.165) is 44.9 Å². The molecule has 2 heterocycles. The van der Waals surface area contributed by atoms with Crippen molar-refractivity contribution in [2.75, 3.05) is 4.90 Å². The Morgan fingerprint density at radius 2 is 1.04 bits per heavy atom. The highest BCUT2D eigenvalue weighted by Crippen LogP contribution is 2.38. The molecule has 0 amide bonds. The maximum absolute atomic E-state index is 4.29. The van der Waals surface area contributed by atoms with Gasteiger partial charge in [-0.2, -0.15) is 0 Å². The van der Waals surface area contributed by atoms with Gasteiger partial charge in [-0.3, -0.25) is 0 Å². The lowest BCUT2D eigenvalue weighted by Gasteiger charge is -2.37. The Balaban J connectivity index is 1.18. The Labute approximate surface area is 288 Å². The molecule has 0 aliphatic carbocycles. The SMILES string of the molecule is C=CC1=C(C=C)N(c2ccc(-c3ccc(-n4c5ccccc5c5ccccc54)cc3)cc2)c2ccccc2B1c1cccc(C=C)c1C=C. The zero-order valence-corrected chi connectivity index (χ0v) is 27.4. The van der Waals surface area contributed by atoms with E-state index < -0.39 is 0 Å². The van der Waals surface area contributed by atoms with E-state index in [4.69, 9.17) is 0 Å². The van der Waals surface area contributed by atoms with Gasteiger partial charge in [-0.1, -0.05) is 147 Å². The van der Waals surface area contributed by atoms with Crippen molar-refractivity contribution in [1.82, 2.24) is 4.57 Å². The number of aromatic nitrogens is 1. The largest absolute Gasteiger partial charge is 0.312 e. The van der Waals surface area contributed by atoms with E-state index in [1.807, 2.05) is 24.3 Å². The molecule has 0 radical (unpaired) electrons. The van der Waals surface area contributed by atoms with Gasteiger partial charge >= 0.3 is 0 Å². The van der Waals surface area contributed by atoms with E-state index in [0.29, 0.717) is 0 Å². The van der Waals surface area contributed by atoms with Gasteiger partial charge in [0.05, 0.1) is 11.0 Å². The summed E-state index contributed by atoms with van der Waals surface area (Å²) >= 11 is 0. The van der Waals surface area contributed by atoms with Crippen LogP contribution in [0.5, 0.6) is 0 Å². The number of anilines is 2. The van der Waals surface area contributed by atoms with Gasteiger partial charge in [-0.15, -0.1) is 0 Å². The summed E-state index contributed by atoms with van der Waals surface area (Å²) in [6.45, 7) is 16.8.